The van der Waals surface area contributed by atoms with Gasteiger partial charge in [-0.2, -0.15) is 0 Å². The normalized spacial score (nSPS) is 13.0. The molecule has 0 N–H and O–H groups in total. The van der Waals surface area contributed by atoms with Gasteiger partial charge in [0.25, 0.3) is 5.91 Å². The summed E-state index contributed by atoms with van der Waals surface area (Å²) < 4.78 is 7.17. The lowest BCUT2D eigenvalue weighted by Gasteiger charge is -2.21. The van der Waals surface area contributed by atoms with Crippen LogP contribution in [0.25, 0.3) is 0 Å². The predicted octanol–water partition coefficient (Wildman–Crippen LogP) is 3.29. The second-order valence-electron chi connectivity index (χ2n) is 5.85. The van der Waals surface area contributed by atoms with E-state index < -0.39 is 6.10 Å². The number of carbonyl (C=O) groups is 1. The van der Waals surface area contributed by atoms with Crippen molar-refractivity contribution < 1.29 is 9.53 Å². The van der Waals surface area contributed by atoms with Crippen LogP contribution in [-0.2, 0) is 5.41 Å². The second-order valence-corrected chi connectivity index (χ2v) is 5.85. The molecule has 0 radical (unpaired) electrons. The van der Waals surface area contributed by atoms with Crippen molar-refractivity contribution in [2.75, 3.05) is 0 Å². The maximum atomic E-state index is 12.1. The Hall–Kier alpha value is -2.10. The summed E-state index contributed by atoms with van der Waals surface area (Å²) in [6.45, 7) is 8.18. The van der Waals surface area contributed by atoms with Crippen molar-refractivity contribution in [3.05, 3.63) is 48.5 Å². The highest BCUT2D eigenvalue weighted by Gasteiger charge is 2.18. The number of hydrogen-bond acceptors (Lipinski definition) is 3. The third-order valence-electron chi connectivity index (χ3n) is 3.12. The number of nitrogens with zero attached hydrogens (tertiary/aromatic N) is 2. The monoisotopic (exact) mass is 272 g/mol. The molecule has 0 saturated heterocycles. The van der Waals surface area contributed by atoms with E-state index in [-0.39, 0.29) is 11.3 Å². The van der Waals surface area contributed by atoms with E-state index in [1.165, 1.54) is 16.5 Å². The lowest BCUT2D eigenvalue weighted by molar-refractivity contribution is 0.0727. The van der Waals surface area contributed by atoms with Crippen LogP contribution < -0.4 is 4.74 Å². The Labute approximate surface area is 119 Å². The van der Waals surface area contributed by atoms with Gasteiger partial charge in [0.15, 0.2) is 6.10 Å². The molecule has 0 aliphatic heterocycles. The van der Waals surface area contributed by atoms with Gasteiger partial charge in [0.1, 0.15) is 12.1 Å². The van der Waals surface area contributed by atoms with Gasteiger partial charge in [0, 0.05) is 12.4 Å². The molecule has 0 aliphatic rings. The highest BCUT2D eigenvalue weighted by Crippen LogP contribution is 2.26. The maximum absolute atomic E-state index is 12.1. The Morgan fingerprint density at radius 3 is 2.70 bits per heavy atom. The van der Waals surface area contributed by atoms with Crippen molar-refractivity contribution in [2.45, 2.75) is 39.2 Å². The summed E-state index contributed by atoms with van der Waals surface area (Å²) >= 11 is 0. The first kappa shape index (κ1) is 14.3. The molecular formula is C16H20N2O2. The molecule has 2 rings (SSSR count). The minimum absolute atomic E-state index is 0.0525. The van der Waals surface area contributed by atoms with Gasteiger partial charge in [-0.05, 0) is 30.0 Å². The smallest absolute Gasteiger partial charge is 0.272 e. The van der Waals surface area contributed by atoms with Gasteiger partial charge in [0.05, 0.1) is 0 Å². The van der Waals surface area contributed by atoms with Crippen LogP contribution in [0.3, 0.4) is 0 Å². The molecule has 0 amide bonds. The van der Waals surface area contributed by atoms with Gasteiger partial charge in [-0.3, -0.25) is 9.36 Å². The molecule has 106 valence electrons. The van der Waals surface area contributed by atoms with Crippen LogP contribution in [-0.4, -0.2) is 21.6 Å². The number of carbonyl (C=O) groups excluding carboxylic acids is 1. The fraction of sp³-hybridized carbons (Fsp3) is 0.375. The van der Waals surface area contributed by atoms with Gasteiger partial charge < -0.3 is 4.74 Å². The van der Waals surface area contributed by atoms with Crippen molar-refractivity contribution in [3.8, 4) is 5.75 Å². The van der Waals surface area contributed by atoms with Crippen LogP contribution in [0.4, 0.5) is 0 Å². The summed E-state index contributed by atoms with van der Waals surface area (Å²) in [5.41, 5.74) is 1.23. The molecule has 4 heteroatoms. The van der Waals surface area contributed by atoms with Crippen molar-refractivity contribution in [2.24, 2.45) is 0 Å². The number of hydrogen-bond donors (Lipinski definition) is 0. The number of rotatable bonds is 3. The molecule has 1 heterocycles. The number of imidazole rings is 1. The van der Waals surface area contributed by atoms with Crippen LogP contribution in [0.2, 0.25) is 0 Å². The van der Waals surface area contributed by atoms with Crippen LogP contribution in [0, 0.1) is 0 Å². The first-order valence-electron chi connectivity index (χ1n) is 6.67. The summed E-state index contributed by atoms with van der Waals surface area (Å²) in [6, 6.07) is 7.87. The van der Waals surface area contributed by atoms with E-state index >= 15 is 0 Å². The van der Waals surface area contributed by atoms with Crippen molar-refractivity contribution in [1.82, 2.24) is 9.55 Å². The third kappa shape index (κ3) is 3.26. The topological polar surface area (TPSA) is 44.1 Å². The lowest BCUT2D eigenvalue weighted by atomic mass is 9.87. The fourth-order valence-corrected chi connectivity index (χ4v) is 1.89. The Bertz CT molecular complexity index is 583. The molecule has 1 aromatic carbocycles. The van der Waals surface area contributed by atoms with Crippen LogP contribution in [0.1, 0.15) is 38.1 Å². The Kier molecular flexibility index (Phi) is 3.93. The van der Waals surface area contributed by atoms with E-state index in [1.807, 2.05) is 18.2 Å². The highest BCUT2D eigenvalue weighted by molar-refractivity contribution is 5.83. The first-order valence-corrected chi connectivity index (χ1v) is 6.67. The third-order valence-corrected chi connectivity index (χ3v) is 3.12. The molecule has 4 nitrogen and oxygen atoms in total. The number of benzene rings is 1. The molecule has 1 aromatic heterocycles. The quantitative estimate of drug-likeness (QED) is 0.861. The molecule has 1 atom stereocenters. The lowest BCUT2D eigenvalue weighted by Crippen LogP contribution is -2.28. The van der Waals surface area contributed by atoms with E-state index in [0.29, 0.717) is 5.75 Å². The van der Waals surface area contributed by atoms with Crippen LogP contribution in [0.15, 0.2) is 43.0 Å². The first-order chi connectivity index (χ1) is 9.38. The fourth-order valence-electron chi connectivity index (χ4n) is 1.89. The molecule has 2 aromatic rings. The van der Waals surface area contributed by atoms with Crippen molar-refractivity contribution >= 4 is 5.91 Å². The maximum Gasteiger partial charge on any atom is 0.272 e. The van der Waals surface area contributed by atoms with E-state index in [4.69, 9.17) is 4.74 Å². The van der Waals surface area contributed by atoms with Crippen molar-refractivity contribution in [3.63, 3.8) is 0 Å². The molecule has 0 saturated carbocycles. The minimum atomic E-state index is -0.556. The number of ether oxygens (including phenoxy) is 1. The van der Waals surface area contributed by atoms with E-state index in [0.717, 1.165) is 0 Å². The van der Waals surface area contributed by atoms with Crippen LogP contribution in [0.5, 0.6) is 5.75 Å². The Balaban J connectivity index is 2.12. The predicted molar refractivity (Wildman–Crippen MR) is 78.1 cm³/mol. The molecule has 20 heavy (non-hydrogen) atoms. The molecule has 1 unspecified atom stereocenters. The highest BCUT2D eigenvalue weighted by atomic mass is 16.5. The molecular weight excluding hydrogens is 252 g/mol. The standard InChI is InChI=1S/C16H20N2O2/c1-12(15(19)18-9-8-17-11-18)20-14-7-5-6-13(10-14)16(2,3)4/h5-12H,1-4H3. The summed E-state index contributed by atoms with van der Waals surface area (Å²) in [4.78, 5) is 16.0. The average Bonchev–Trinajstić information content (AvgIpc) is 2.91. The Morgan fingerprint density at radius 1 is 1.35 bits per heavy atom. The summed E-state index contributed by atoms with van der Waals surface area (Å²) in [7, 11) is 0. The van der Waals surface area contributed by atoms with Gasteiger partial charge in [-0.15, -0.1) is 0 Å². The van der Waals surface area contributed by atoms with Gasteiger partial charge in [0.2, 0.25) is 0 Å². The van der Waals surface area contributed by atoms with Crippen molar-refractivity contribution in [1.29, 1.82) is 0 Å². The summed E-state index contributed by atoms with van der Waals surface area (Å²) in [5.74, 6) is 0.571. The average molecular weight is 272 g/mol. The zero-order chi connectivity index (χ0) is 14.8. The summed E-state index contributed by atoms with van der Waals surface area (Å²) in [5, 5.41) is 0. The van der Waals surface area contributed by atoms with Gasteiger partial charge >= 0.3 is 0 Å². The van der Waals surface area contributed by atoms with Gasteiger partial charge in [-0.25, -0.2) is 4.98 Å². The molecule has 0 fully saturated rings. The number of aromatic nitrogens is 2. The zero-order valence-corrected chi connectivity index (χ0v) is 12.3. The molecule has 0 spiro atoms. The van der Waals surface area contributed by atoms with E-state index in [1.54, 1.807) is 19.3 Å². The Morgan fingerprint density at radius 2 is 2.10 bits per heavy atom. The zero-order valence-electron chi connectivity index (χ0n) is 12.3. The van der Waals surface area contributed by atoms with Crippen LogP contribution >= 0.6 is 0 Å². The molecule has 0 bridgehead atoms. The SMILES string of the molecule is CC(Oc1cccc(C(C)(C)C)c1)C(=O)n1ccnc1. The van der Waals surface area contributed by atoms with E-state index in [9.17, 15) is 4.79 Å². The second kappa shape index (κ2) is 5.49. The largest absolute Gasteiger partial charge is 0.481 e. The van der Waals surface area contributed by atoms with E-state index in [2.05, 4.69) is 31.8 Å². The minimum Gasteiger partial charge on any atom is -0.481 e. The molecule has 0 aliphatic carbocycles. The van der Waals surface area contributed by atoms with Gasteiger partial charge in [-0.1, -0.05) is 32.9 Å². The summed E-state index contributed by atoms with van der Waals surface area (Å²) in [6.07, 6.45) is 4.12.